The van der Waals surface area contributed by atoms with Crippen molar-refractivity contribution in [2.45, 2.75) is 0 Å². The molecule has 8 heteroatoms. The number of nitrogens with one attached hydrogen (secondary N) is 1. The number of aromatic nitrogens is 1. The molecule has 0 bridgehead atoms. The summed E-state index contributed by atoms with van der Waals surface area (Å²) >= 11 is 0. The number of nitrogen functional groups attached to an aromatic ring is 1. The summed E-state index contributed by atoms with van der Waals surface area (Å²) < 4.78 is 13.3. The molecule has 0 aliphatic rings. The van der Waals surface area contributed by atoms with Crippen LogP contribution in [0.1, 0.15) is 10.4 Å². The monoisotopic (exact) mass is 276 g/mol. The minimum absolute atomic E-state index is 0.298. The van der Waals surface area contributed by atoms with E-state index in [1.54, 1.807) is 0 Å². The molecule has 0 aliphatic carbocycles. The Labute approximate surface area is 112 Å². The second-order valence-electron chi connectivity index (χ2n) is 3.83. The Morgan fingerprint density at radius 1 is 1.35 bits per heavy atom. The lowest BCUT2D eigenvalue weighted by molar-refractivity contribution is -0.384. The zero-order valence-electron chi connectivity index (χ0n) is 10.0. The number of carbonyl (C=O) groups is 1. The van der Waals surface area contributed by atoms with Crippen LogP contribution in [0.2, 0.25) is 0 Å². The number of hydrogen-bond acceptors (Lipinski definition) is 5. The van der Waals surface area contributed by atoms with Gasteiger partial charge in [0, 0.05) is 18.1 Å². The molecule has 0 radical (unpaired) electrons. The standard InChI is InChI=1S/C12H9FN4O3/c13-7-5-9(11(14)10(6-7)17(19)20)12(18)16-8-1-3-15-4-2-8/h1-6H,14H2,(H,15,16,18). The van der Waals surface area contributed by atoms with Crippen molar-refractivity contribution in [3.8, 4) is 0 Å². The van der Waals surface area contributed by atoms with Gasteiger partial charge in [-0.2, -0.15) is 0 Å². The lowest BCUT2D eigenvalue weighted by atomic mass is 10.1. The molecule has 7 nitrogen and oxygen atoms in total. The maximum Gasteiger partial charge on any atom is 0.295 e. The molecule has 2 aromatic rings. The lowest BCUT2D eigenvalue weighted by Crippen LogP contribution is -2.15. The first-order chi connectivity index (χ1) is 9.49. The van der Waals surface area contributed by atoms with Crippen LogP contribution in [0.3, 0.4) is 0 Å². The van der Waals surface area contributed by atoms with Gasteiger partial charge in [-0.15, -0.1) is 0 Å². The zero-order valence-corrected chi connectivity index (χ0v) is 10.0. The van der Waals surface area contributed by atoms with E-state index < -0.39 is 22.3 Å². The van der Waals surface area contributed by atoms with Gasteiger partial charge in [0.15, 0.2) is 0 Å². The topological polar surface area (TPSA) is 111 Å². The third-order valence-electron chi connectivity index (χ3n) is 2.50. The number of halogens is 1. The van der Waals surface area contributed by atoms with Gasteiger partial charge in [0.25, 0.3) is 11.6 Å². The minimum atomic E-state index is -0.911. The molecule has 102 valence electrons. The van der Waals surface area contributed by atoms with Crippen LogP contribution in [0.4, 0.5) is 21.5 Å². The van der Waals surface area contributed by atoms with Gasteiger partial charge in [0.2, 0.25) is 0 Å². The number of hydrogen-bond donors (Lipinski definition) is 2. The van der Waals surface area contributed by atoms with E-state index in [1.807, 2.05) is 0 Å². The van der Waals surface area contributed by atoms with Gasteiger partial charge in [-0.1, -0.05) is 0 Å². The number of anilines is 2. The maximum atomic E-state index is 13.3. The predicted octanol–water partition coefficient (Wildman–Crippen LogP) is 1.96. The van der Waals surface area contributed by atoms with Crippen LogP contribution in [0.5, 0.6) is 0 Å². The van der Waals surface area contributed by atoms with Crippen LogP contribution >= 0.6 is 0 Å². The molecule has 3 N–H and O–H groups in total. The Bertz CT molecular complexity index is 676. The van der Waals surface area contributed by atoms with Gasteiger partial charge in [-0.25, -0.2) is 4.39 Å². The normalized spacial score (nSPS) is 10.1. The van der Waals surface area contributed by atoms with Crippen LogP contribution in [-0.4, -0.2) is 15.8 Å². The highest BCUT2D eigenvalue weighted by Gasteiger charge is 2.21. The maximum absolute atomic E-state index is 13.3. The zero-order chi connectivity index (χ0) is 14.7. The first kappa shape index (κ1) is 13.4. The molecule has 0 unspecified atom stereocenters. The van der Waals surface area contributed by atoms with Gasteiger partial charge in [0.1, 0.15) is 11.5 Å². The van der Waals surface area contributed by atoms with Gasteiger partial charge < -0.3 is 11.1 Å². The molecular formula is C12H9FN4O3. The predicted molar refractivity (Wildman–Crippen MR) is 69.7 cm³/mol. The van der Waals surface area contributed by atoms with E-state index in [4.69, 9.17) is 5.73 Å². The fourth-order valence-electron chi connectivity index (χ4n) is 1.58. The van der Waals surface area contributed by atoms with E-state index >= 15 is 0 Å². The summed E-state index contributed by atoms with van der Waals surface area (Å²) in [6.45, 7) is 0. The lowest BCUT2D eigenvalue weighted by Gasteiger charge is -2.07. The Hall–Kier alpha value is -3.03. The summed E-state index contributed by atoms with van der Waals surface area (Å²) in [4.78, 5) is 25.6. The number of rotatable bonds is 3. The van der Waals surface area contributed by atoms with Gasteiger partial charge in [-0.05, 0) is 18.2 Å². The SMILES string of the molecule is Nc1c(C(=O)Nc2ccncc2)cc(F)cc1[N+](=O)[O-]. The Kier molecular flexibility index (Phi) is 3.56. The second kappa shape index (κ2) is 5.31. The summed E-state index contributed by atoms with van der Waals surface area (Å²) in [5.74, 6) is -1.65. The molecule has 1 amide bonds. The number of nitro benzene ring substituents is 1. The van der Waals surface area contributed by atoms with Crippen molar-refractivity contribution >= 4 is 23.0 Å². The summed E-state index contributed by atoms with van der Waals surface area (Å²) in [5, 5.41) is 13.2. The van der Waals surface area contributed by atoms with Crippen molar-refractivity contribution < 1.29 is 14.1 Å². The first-order valence-electron chi connectivity index (χ1n) is 5.44. The number of nitrogens with two attached hydrogens (primary N) is 1. The van der Waals surface area contributed by atoms with Crippen molar-refractivity contribution in [1.82, 2.24) is 4.98 Å². The van der Waals surface area contributed by atoms with E-state index in [1.165, 1.54) is 24.5 Å². The average Bonchev–Trinajstić information content (AvgIpc) is 2.41. The largest absolute Gasteiger partial charge is 0.393 e. The van der Waals surface area contributed by atoms with Gasteiger partial charge in [0.05, 0.1) is 16.6 Å². The smallest absolute Gasteiger partial charge is 0.295 e. The van der Waals surface area contributed by atoms with Crippen LogP contribution < -0.4 is 11.1 Å². The van der Waals surface area contributed by atoms with Crippen molar-refractivity contribution in [2.75, 3.05) is 11.1 Å². The number of pyridine rings is 1. The number of benzene rings is 1. The average molecular weight is 276 g/mol. The Morgan fingerprint density at radius 2 is 2.00 bits per heavy atom. The van der Waals surface area contributed by atoms with E-state index in [0.717, 1.165) is 6.07 Å². The molecule has 0 spiro atoms. The molecular weight excluding hydrogens is 267 g/mol. The van der Waals surface area contributed by atoms with E-state index in [9.17, 15) is 19.3 Å². The van der Waals surface area contributed by atoms with E-state index in [2.05, 4.69) is 10.3 Å². The highest BCUT2D eigenvalue weighted by Crippen LogP contribution is 2.27. The molecule has 0 saturated heterocycles. The van der Waals surface area contributed by atoms with Crippen molar-refractivity contribution in [3.05, 3.63) is 58.2 Å². The number of carbonyl (C=O) groups excluding carboxylic acids is 1. The van der Waals surface area contributed by atoms with E-state index in [0.29, 0.717) is 11.8 Å². The van der Waals surface area contributed by atoms with Crippen LogP contribution in [0.15, 0.2) is 36.7 Å². The fourth-order valence-corrected chi connectivity index (χ4v) is 1.58. The fraction of sp³-hybridized carbons (Fsp3) is 0. The Balaban J connectivity index is 2.37. The van der Waals surface area contributed by atoms with E-state index in [-0.39, 0.29) is 11.3 Å². The molecule has 1 aromatic carbocycles. The molecule has 1 heterocycles. The van der Waals surface area contributed by atoms with Crippen LogP contribution in [0.25, 0.3) is 0 Å². The molecule has 2 rings (SSSR count). The summed E-state index contributed by atoms with van der Waals surface area (Å²) in [6.07, 6.45) is 2.90. The third kappa shape index (κ3) is 2.69. The molecule has 0 aliphatic heterocycles. The minimum Gasteiger partial charge on any atom is -0.393 e. The Morgan fingerprint density at radius 3 is 2.60 bits per heavy atom. The van der Waals surface area contributed by atoms with Crippen molar-refractivity contribution in [3.63, 3.8) is 0 Å². The summed E-state index contributed by atoms with van der Waals surface area (Å²) in [6, 6.07) is 4.54. The van der Waals surface area contributed by atoms with Crippen molar-refractivity contribution in [2.24, 2.45) is 0 Å². The highest BCUT2D eigenvalue weighted by atomic mass is 19.1. The van der Waals surface area contributed by atoms with Gasteiger partial charge >= 0.3 is 0 Å². The van der Waals surface area contributed by atoms with Crippen molar-refractivity contribution in [1.29, 1.82) is 0 Å². The molecule has 1 aromatic heterocycles. The van der Waals surface area contributed by atoms with Crippen LogP contribution in [-0.2, 0) is 0 Å². The number of nitro groups is 1. The first-order valence-corrected chi connectivity index (χ1v) is 5.44. The molecule has 0 saturated carbocycles. The third-order valence-corrected chi connectivity index (χ3v) is 2.50. The molecule has 0 fully saturated rings. The molecule has 0 atom stereocenters. The number of amides is 1. The number of nitrogens with zero attached hydrogens (tertiary/aromatic N) is 2. The molecule has 20 heavy (non-hydrogen) atoms. The van der Waals surface area contributed by atoms with Crippen LogP contribution in [0, 0.1) is 15.9 Å². The highest BCUT2D eigenvalue weighted by molar-refractivity contribution is 6.08. The second-order valence-corrected chi connectivity index (χ2v) is 3.83. The quantitative estimate of drug-likeness (QED) is 0.505. The summed E-state index contributed by atoms with van der Waals surface area (Å²) in [7, 11) is 0. The van der Waals surface area contributed by atoms with Gasteiger partial charge in [-0.3, -0.25) is 19.9 Å². The summed E-state index contributed by atoms with van der Waals surface area (Å²) in [5.41, 5.74) is 4.61.